The van der Waals surface area contributed by atoms with E-state index < -0.39 is 11.9 Å². The molecule has 0 spiro atoms. The smallest absolute Gasteiger partial charge is 0.339 e. The monoisotopic (exact) mass is 358 g/mol. The summed E-state index contributed by atoms with van der Waals surface area (Å²) >= 11 is 0. The van der Waals surface area contributed by atoms with Crippen LogP contribution in [-0.2, 0) is 9.47 Å². The van der Waals surface area contributed by atoms with Crippen molar-refractivity contribution in [3.63, 3.8) is 0 Å². The fourth-order valence-corrected chi connectivity index (χ4v) is 2.46. The van der Waals surface area contributed by atoms with E-state index >= 15 is 0 Å². The Morgan fingerprint density at radius 3 is 1.54 bits per heavy atom. The van der Waals surface area contributed by atoms with Crippen LogP contribution in [0.2, 0.25) is 0 Å². The highest BCUT2D eigenvalue weighted by Gasteiger charge is 2.18. The summed E-state index contributed by atoms with van der Waals surface area (Å²) in [6.45, 7) is 8.06. The minimum atomic E-state index is -0.479. The first-order valence-electron chi connectivity index (χ1n) is 9.35. The number of hydrogen-bond donors (Lipinski definition) is 0. The van der Waals surface area contributed by atoms with Crippen molar-refractivity contribution in [2.75, 3.05) is 13.2 Å². The molecule has 0 radical (unpaired) electrons. The van der Waals surface area contributed by atoms with E-state index in [2.05, 4.69) is 13.2 Å². The largest absolute Gasteiger partial charge is 0.462 e. The zero-order valence-corrected chi connectivity index (χ0v) is 15.6. The first-order chi connectivity index (χ1) is 12.7. The van der Waals surface area contributed by atoms with Gasteiger partial charge >= 0.3 is 11.9 Å². The molecule has 142 valence electrons. The Kier molecular flexibility index (Phi) is 11.6. The zero-order valence-electron chi connectivity index (χ0n) is 15.6. The molecule has 4 heteroatoms. The molecule has 0 aliphatic heterocycles. The molecule has 0 aromatic heterocycles. The highest BCUT2D eigenvalue weighted by Crippen LogP contribution is 2.13. The van der Waals surface area contributed by atoms with Crippen LogP contribution in [0.15, 0.2) is 49.6 Å². The molecule has 0 bridgehead atoms. The van der Waals surface area contributed by atoms with Crippen LogP contribution in [0.3, 0.4) is 0 Å². The lowest BCUT2D eigenvalue weighted by molar-refractivity contribution is 0.0450. The van der Waals surface area contributed by atoms with Gasteiger partial charge in [0.05, 0.1) is 24.3 Å². The average molecular weight is 358 g/mol. The lowest BCUT2D eigenvalue weighted by Crippen LogP contribution is -2.15. The maximum atomic E-state index is 12.3. The minimum absolute atomic E-state index is 0.259. The Hall–Kier alpha value is -2.36. The van der Waals surface area contributed by atoms with Crippen LogP contribution < -0.4 is 0 Å². The maximum absolute atomic E-state index is 12.3. The van der Waals surface area contributed by atoms with Crippen molar-refractivity contribution in [1.82, 2.24) is 0 Å². The first-order valence-corrected chi connectivity index (χ1v) is 9.35. The van der Waals surface area contributed by atoms with E-state index in [1.165, 1.54) is 0 Å². The number of ether oxygens (including phenoxy) is 2. The Balaban J connectivity index is 2.44. The number of carbonyl (C=O) groups is 2. The molecule has 0 atom stereocenters. The number of hydrogen-bond acceptors (Lipinski definition) is 4. The van der Waals surface area contributed by atoms with Crippen molar-refractivity contribution in [2.24, 2.45) is 0 Å². The molecular formula is C22H30O4. The maximum Gasteiger partial charge on any atom is 0.339 e. The van der Waals surface area contributed by atoms with Gasteiger partial charge in [-0.05, 0) is 63.5 Å². The molecule has 0 fully saturated rings. The summed E-state index contributed by atoms with van der Waals surface area (Å²) in [6, 6.07) is 6.63. The number of benzene rings is 1. The van der Waals surface area contributed by atoms with Crippen molar-refractivity contribution in [3.8, 4) is 0 Å². The van der Waals surface area contributed by atoms with E-state index in [1.807, 2.05) is 12.2 Å². The quantitative estimate of drug-likeness (QED) is 0.250. The molecule has 0 unspecified atom stereocenters. The summed E-state index contributed by atoms with van der Waals surface area (Å²) in [6.07, 6.45) is 11.3. The number of unbranched alkanes of at least 4 members (excludes halogenated alkanes) is 6. The van der Waals surface area contributed by atoms with Gasteiger partial charge in [-0.2, -0.15) is 0 Å². The summed E-state index contributed by atoms with van der Waals surface area (Å²) in [5.74, 6) is -0.959. The second-order valence-corrected chi connectivity index (χ2v) is 6.09. The van der Waals surface area contributed by atoms with E-state index in [9.17, 15) is 9.59 Å². The summed E-state index contributed by atoms with van der Waals surface area (Å²) in [7, 11) is 0. The molecule has 0 aliphatic rings. The van der Waals surface area contributed by atoms with Gasteiger partial charge in [-0.25, -0.2) is 9.59 Å². The van der Waals surface area contributed by atoms with Crippen LogP contribution >= 0.6 is 0 Å². The predicted octanol–water partition coefficient (Wildman–Crippen LogP) is 5.49. The van der Waals surface area contributed by atoms with Crippen LogP contribution in [-0.4, -0.2) is 25.2 Å². The summed E-state index contributed by atoms with van der Waals surface area (Å²) in [4.78, 5) is 24.5. The first kappa shape index (κ1) is 21.7. The second-order valence-electron chi connectivity index (χ2n) is 6.09. The van der Waals surface area contributed by atoms with E-state index in [0.29, 0.717) is 13.2 Å². The molecule has 0 aliphatic carbocycles. The molecule has 1 aromatic carbocycles. The van der Waals surface area contributed by atoms with Crippen molar-refractivity contribution >= 4 is 11.9 Å². The van der Waals surface area contributed by atoms with Crippen LogP contribution in [0, 0.1) is 0 Å². The third kappa shape index (κ3) is 8.65. The van der Waals surface area contributed by atoms with E-state index in [1.54, 1.807) is 24.3 Å². The number of esters is 2. The summed E-state index contributed by atoms with van der Waals surface area (Å²) in [5.41, 5.74) is 0.519. The standard InChI is InChI=1S/C22H30O4/c1-3-5-7-9-13-17-25-21(23)19-15-11-12-16-20(19)22(24)26-18-14-10-8-6-4-2/h3-4,11-12,15-16H,1-2,5-10,13-14,17-18H2. The molecule has 1 rings (SSSR count). The fraction of sp³-hybridized carbons (Fsp3) is 0.455. The Labute approximate surface area is 156 Å². The minimum Gasteiger partial charge on any atom is -0.462 e. The molecule has 0 N–H and O–H groups in total. The van der Waals surface area contributed by atoms with Crippen LogP contribution in [0.25, 0.3) is 0 Å². The SMILES string of the molecule is C=CCCCCCOC(=O)c1ccccc1C(=O)OCCCCCC=C. The Morgan fingerprint density at radius 1 is 0.731 bits per heavy atom. The molecule has 0 heterocycles. The molecular weight excluding hydrogens is 328 g/mol. The predicted molar refractivity (Wildman–Crippen MR) is 104 cm³/mol. The normalized spacial score (nSPS) is 10.2. The van der Waals surface area contributed by atoms with Crippen molar-refractivity contribution < 1.29 is 19.1 Å². The molecule has 26 heavy (non-hydrogen) atoms. The van der Waals surface area contributed by atoms with Crippen LogP contribution in [0.5, 0.6) is 0 Å². The van der Waals surface area contributed by atoms with Gasteiger partial charge in [-0.1, -0.05) is 24.3 Å². The molecule has 4 nitrogen and oxygen atoms in total. The van der Waals surface area contributed by atoms with Crippen molar-refractivity contribution in [3.05, 3.63) is 60.7 Å². The summed E-state index contributed by atoms with van der Waals surface area (Å²) in [5, 5.41) is 0. The van der Waals surface area contributed by atoms with E-state index in [4.69, 9.17) is 9.47 Å². The molecule has 0 amide bonds. The van der Waals surface area contributed by atoms with Crippen molar-refractivity contribution in [2.45, 2.75) is 51.4 Å². The number of carbonyl (C=O) groups excluding carboxylic acids is 2. The van der Waals surface area contributed by atoms with Gasteiger partial charge in [-0.15, -0.1) is 13.2 Å². The van der Waals surface area contributed by atoms with E-state index in [-0.39, 0.29) is 11.1 Å². The summed E-state index contributed by atoms with van der Waals surface area (Å²) < 4.78 is 10.6. The molecule has 1 aromatic rings. The van der Waals surface area contributed by atoms with Crippen LogP contribution in [0.1, 0.15) is 72.1 Å². The average Bonchev–Trinajstić information content (AvgIpc) is 2.67. The highest BCUT2D eigenvalue weighted by atomic mass is 16.5. The van der Waals surface area contributed by atoms with Gasteiger partial charge in [0.2, 0.25) is 0 Å². The lowest BCUT2D eigenvalue weighted by Gasteiger charge is -2.10. The Morgan fingerprint density at radius 2 is 1.15 bits per heavy atom. The van der Waals surface area contributed by atoms with Gasteiger partial charge in [0.25, 0.3) is 0 Å². The highest BCUT2D eigenvalue weighted by molar-refractivity contribution is 6.03. The van der Waals surface area contributed by atoms with Crippen LogP contribution in [0.4, 0.5) is 0 Å². The van der Waals surface area contributed by atoms with Crippen molar-refractivity contribution in [1.29, 1.82) is 0 Å². The zero-order chi connectivity index (χ0) is 19.0. The number of allylic oxidation sites excluding steroid dienone is 2. The Bertz CT molecular complexity index is 526. The van der Waals surface area contributed by atoms with Gasteiger partial charge in [0, 0.05) is 0 Å². The fourth-order valence-electron chi connectivity index (χ4n) is 2.46. The topological polar surface area (TPSA) is 52.6 Å². The van der Waals surface area contributed by atoms with E-state index in [0.717, 1.165) is 51.4 Å². The lowest BCUT2D eigenvalue weighted by atomic mass is 10.1. The van der Waals surface area contributed by atoms with Gasteiger partial charge in [0.1, 0.15) is 0 Å². The third-order valence-corrected chi connectivity index (χ3v) is 3.94. The molecule has 0 saturated heterocycles. The van der Waals surface area contributed by atoms with Gasteiger partial charge in [0.15, 0.2) is 0 Å². The molecule has 0 saturated carbocycles. The second kappa shape index (κ2) is 13.9. The van der Waals surface area contributed by atoms with Gasteiger partial charge in [-0.3, -0.25) is 0 Å². The van der Waals surface area contributed by atoms with Gasteiger partial charge < -0.3 is 9.47 Å². The number of rotatable bonds is 14. The third-order valence-electron chi connectivity index (χ3n) is 3.94.